The van der Waals surface area contributed by atoms with E-state index in [-0.39, 0.29) is 11.4 Å². The lowest BCUT2D eigenvalue weighted by molar-refractivity contribution is 0.0381. The van der Waals surface area contributed by atoms with Crippen molar-refractivity contribution in [1.82, 2.24) is 0 Å². The van der Waals surface area contributed by atoms with Crippen LogP contribution in [-0.2, 0) is 16.1 Å². The molecule has 0 aliphatic carbocycles. The molecule has 1 atom stereocenters. The van der Waals surface area contributed by atoms with Crippen molar-refractivity contribution in [2.75, 3.05) is 12.4 Å². The van der Waals surface area contributed by atoms with Crippen LogP contribution < -0.4 is 0 Å². The summed E-state index contributed by atoms with van der Waals surface area (Å²) >= 11 is 1.21. The smallest absolute Gasteiger partial charge is 0.367 e. The molecule has 0 N–H and O–H groups in total. The van der Waals surface area contributed by atoms with Crippen molar-refractivity contribution < 1.29 is 14.3 Å². The van der Waals surface area contributed by atoms with E-state index in [9.17, 15) is 4.79 Å². The van der Waals surface area contributed by atoms with E-state index in [1.165, 1.54) is 11.8 Å². The summed E-state index contributed by atoms with van der Waals surface area (Å²) in [6.45, 7) is 1.05. The van der Waals surface area contributed by atoms with Crippen LogP contribution in [0.1, 0.15) is 5.56 Å². The molecule has 2 rings (SSSR count). The van der Waals surface area contributed by atoms with Crippen LogP contribution in [-0.4, -0.2) is 23.8 Å². The van der Waals surface area contributed by atoms with E-state index in [1.54, 1.807) is 0 Å². The number of hydrogen-bond acceptors (Lipinski definition) is 4. The van der Waals surface area contributed by atoms with Gasteiger partial charge in [0.15, 0.2) is 0 Å². The van der Waals surface area contributed by atoms with E-state index >= 15 is 0 Å². The van der Waals surface area contributed by atoms with Gasteiger partial charge in [-0.2, -0.15) is 0 Å². The van der Waals surface area contributed by atoms with Gasteiger partial charge in [-0.25, -0.2) is 4.79 Å². The van der Waals surface area contributed by atoms with Crippen LogP contribution in [0, 0.1) is 0 Å². The highest BCUT2D eigenvalue weighted by Gasteiger charge is 2.23. The van der Waals surface area contributed by atoms with Gasteiger partial charge in [0.05, 0.1) is 13.2 Å². The molecule has 0 bridgehead atoms. The number of hydrogen-bond donors (Lipinski definition) is 0. The van der Waals surface area contributed by atoms with Gasteiger partial charge < -0.3 is 9.47 Å². The number of carbonyl (C=O) groups excluding carboxylic acids is 1. The average Bonchev–Trinajstić information content (AvgIpc) is 2.66. The third-order valence-electron chi connectivity index (χ3n) is 2.07. The van der Waals surface area contributed by atoms with Crippen molar-refractivity contribution in [2.24, 2.45) is 0 Å². The maximum atomic E-state index is 10.8. The number of carbonyl (C=O) groups is 1. The summed E-state index contributed by atoms with van der Waals surface area (Å²) in [5.74, 6) is 0.702. The predicted octanol–water partition coefficient (Wildman–Crippen LogP) is 2.46. The molecule has 0 amide bonds. The Bertz CT molecular complexity index is 326. The highest BCUT2D eigenvalue weighted by atomic mass is 32.2. The van der Waals surface area contributed by atoms with Gasteiger partial charge in [-0.15, -0.1) is 0 Å². The summed E-state index contributed by atoms with van der Waals surface area (Å²) < 4.78 is 10.5. The molecule has 1 aromatic rings. The van der Waals surface area contributed by atoms with Crippen LogP contribution in [0.4, 0.5) is 4.79 Å². The second-order valence-electron chi connectivity index (χ2n) is 3.30. The van der Waals surface area contributed by atoms with Crippen molar-refractivity contribution in [2.45, 2.75) is 12.7 Å². The molecular weight excluding hydrogens is 212 g/mol. The van der Waals surface area contributed by atoms with Crippen LogP contribution in [0.2, 0.25) is 0 Å². The monoisotopic (exact) mass is 224 g/mol. The first kappa shape index (κ1) is 10.5. The lowest BCUT2D eigenvalue weighted by Gasteiger charge is -2.08. The molecule has 1 aromatic carbocycles. The van der Waals surface area contributed by atoms with E-state index in [0.29, 0.717) is 19.0 Å². The number of benzene rings is 1. The minimum atomic E-state index is -0.191. The summed E-state index contributed by atoms with van der Waals surface area (Å²) in [5, 5.41) is -0.191. The van der Waals surface area contributed by atoms with Crippen molar-refractivity contribution in [1.29, 1.82) is 0 Å². The Balaban J connectivity index is 1.69. The maximum Gasteiger partial charge on any atom is 0.367 e. The molecule has 0 saturated carbocycles. The fourth-order valence-electron chi connectivity index (χ4n) is 1.33. The third kappa shape index (κ3) is 3.25. The van der Waals surface area contributed by atoms with Gasteiger partial charge in [0.1, 0.15) is 6.10 Å². The number of cyclic esters (lactones) is 1. The van der Waals surface area contributed by atoms with Crippen molar-refractivity contribution in [3.8, 4) is 0 Å². The molecule has 4 heteroatoms. The van der Waals surface area contributed by atoms with Gasteiger partial charge >= 0.3 is 5.30 Å². The Labute approximate surface area is 92.8 Å². The lowest BCUT2D eigenvalue weighted by Crippen LogP contribution is -2.17. The van der Waals surface area contributed by atoms with E-state index < -0.39 is 0 Å². The van der Waals surface area contributed by atoms with Crippen molar-refractivity contribution in [3.63, 3.8) is 0 Å². The molecule has 1 heterocycles. The third-order valence-corrected chi connectivity index (χ3v) is 2.94. The van der Waals surface area contributed by atoms with Gasteiger partial charge in [0.2, 0.25) is 0 Å². The average molecular weight is 224 g/mol. The van der Waals surface area contributed by atoms with E-state index in [0.717, 1.165) is 5.56 Å². The standard InChI is InChI=1S/C11H12O3S/c12-11-14-10(8-15-11)7-13-6-9-4-2-1-3-5-9/h1-5,10H,6-8H2. The van der Waals surface area contributed by atoms with Crippen LogP contribution in [0.5, 0.6) is 0 Å². The Morgan fingerprint density at radius 1 is 1.40 bits per heavy atom. The molecular formula is C11H12O3S. The zero-order valence-electron chi connectivity index (χ0n) is 8.22. The van der Waals surface area contributed by atoms with Crippen LogP contribution in [0.3, 0.4) is 0 Å². The summed E-state index contributed by atoms with van der Waals surface area (Å²) in [6.07, 6.45) is -0.0776. The summed E-state index contributed by atoms with van der Waals surface area (Å²) in [5.41, 5.74) is 1.13. The molecule has 1 aliphatic heterocycles. The Morgan fingerprint density at radius 2 is 2.20 bits per heavy atom. The number of rotatable bonds is 4. The van der Waals surface area contributed by atoms with E-state index in [4.69, 9.17) is 9.47 Å². The molecule has 15 heavy (non-hydrogen) atoms. The van der Waals surface area contributed by atoms with E-state index in [2.05, 4.69) is 0 Å². The maximum absolute atomic E-state index is 10.8. The molecule has 0 aromatic heterocycles. The number of thioether (sulfide) groups is 1. The summed E-state index contributed by atoms with van der Waals surface area (Å²) in [7, 11) is 0. The quantitative estimate of drug-likeness (QED) is 0.736. The largest absolute Gasteiger partial charge is 0.451 e. The molecule has 3 nitrogen and oxygen atoms in total. The first-order chi connectivity index (χ1) is 7.34. The second-order valence-corrected chi connectivity index (χ2v) is 4.26. The van der Waals surface area contributed by atoms with Crippen LogP contribution in [0.15, 0.2) is 30.3 Å². The highest BCUT2D eigenvalue weighted by molar-refractivity contribution is 8.13. The molecule has 0 spiro atoms. The Hall–Kier alpha value is -1.00. The minimum Gasteiger partial charge on any atom is -0.451 e. The fraction of sp³-hybridized carbons (Fsp3) is 0.364. The normalized spacial score (nSPS) is 20.3. The van der Waals surface area contributed by atoms with Gasteiger partial charge in [-0.3, -0.25) is 0 Å². The lowest BCUT2D eigenvalue weighted by atomic mass is 10.2. The zero-order chi connectivity index (χ0) is 10.5. The minimum absolute atomic E-state index is 0.0776. The summed E-state index contributed by atoms with van der Waals surface area (Å²) in [6, 6.07) is 9.94. The second kappa shape index (κ2) is 5.19. The molecule has 1 fully saturated rings. The highest BCUT2D eigenvalue weighted by Crippen LogP contribution is 2.19. The molecule has 0 radical (unpaired) electrons. The molecule has 80 valence electrons. The first-order valence-corrected chi connectivity index (χ1v) is 5.78. The van der Waals surface area contributed by atoms with Crippen molar-refractivity contribution >= 4 is 17.1 Å². The van der Waals surface area contributed by atoms with Gasteiger partial charge in [0.25, 0.3) is 0 Å². The van der Waals surface area contributed by atoms with Gasteiger partial charge in [-0.1, -0.05) is 30.3 Å². The van der Waals surface area contributed by atoms with E-state index in [1.807, 2.05) is 30.3 Å². The Kier molecular flexibility index (Phi) is 3.64. The number of ether oxygens (including phenoxy) is 2. The van der Waals surface area contributed by atoms with Crippen molar-refractivity contribution in [3.05, 3.63) is 35.9 Å². The predicted molar refractivity (Wildman–Crippen MR) is 58.8 cm³/mol. The molecule has 1 aliphatic rings. The van der Waals surface area contributed by atoms with Gasteiger partial charge in [0, 0.05) is 5.75 Å². The fourth-order valence-corrected chi connectivity index (χ4v) is 2.02. The SMILES string of the molecule is O=C1OC(COCc2ccccc2)CS1. The topological polar surface area (TPSA) is 35.5 Å². The zero-order valence-corrected chi connectivity index (χ0v) is 9.03. The van der Waals surface area contributed by atoms with Crippen LogP contribution >= 0.6 is 11.8 Å². The summed E-state index contributed by atoms with van der Waals surface area (Å²) in [4.78, 5) is 10.8. The molecule has 1 saturated heterocycles. The first-order valence-electron chi connectivity index (χ1n) is 4.79. The van der Waals surface area contributed by atoms with Crippen LogP contribution in [0.25, 0.3) is 0 Å². The van der Waals surface area contributed by atoms with Gasteiger partial charge in [-0.05, 0) is 17.3 Å². The Morgan fingerprint density at radius 3 is 2.87 bits per heavy atom. The molecule has 1 unspecified atom stereocenters.